The van der Waals surface area contributed by atoms with Gasteiger partial charge in [-0.25, -0.2) is 0 Å². The second-order valence-electron chi connectivity index (χ2n) is 4.36. The first-order valence-corrected chi connectivity index (χ1v) is 7.86. The molecule has 1 heterocycles. The Balaban J connectivity index is 2.20. The molecule has 2 atom stereocenters. The second-order valence-corrected chi connectivity index (χ2v) is 6.40. The molecule has 0 spiro atoms. The van der Waals surface area contributed by atoms with Gasteiger partial charge in [0.25, 0.3) is 10.1 Å². The standard InChI is InChI=1S/C12H15ClO4S/c1-18(14,15)17-12-6-7-16-8-11(12)9-2-4-10(13)5-3-9/h2-5,11-12H,6-8H2,1H3. The highest BCUT2D eigenvalue weighted by Crippen LogP contribution is 2.29. The number of ether oxygens (including phenoxy) is 1. The number of rotatable bonds is 3. The maximum atomic E-state index is 11.2. The van der Waals surface area contributed by atoms with Crippen molar-refractivity contribution in [1.82, 2.24) is 0 Å². The molecular formula is C12H15ClO4S. The van der Waals surface area contributed by atoms with Gasteiger partial charge in [0.2, 0.25) is 0 Å². The SMILES string of the molecule is CS(=O)(=O)OC1CCOCC1c1ccc(Cl)cc1. The Morgan fingerprint density at radius 1 is 1.33 bits per heavy atom. The van der Waals surface area contributed by atoms with E-state index in [1.165, 1.54) is 0 Å². The maximum absolute atomic E-state index is 11.2. The lowest BCUT2D eigenvalue weighted by Crippen LogP contribution is -2.33. The van der Waals surface area contributed by atoms with E-state index in [0.717, 1.165) is 11.8 Å². The lowest BCUT2D eigenvalue weighted by Gasteiger charge is -2.30. The van der Waals surface area contributed by atoms with E-state index in [4.69, 9.17) is 20.5 Å². The van der Waals surface area contributed by atoms with Crippen LogP contribution in [0.3, 0.4) is 0 Å². The number of benzene rings is 1. The van der Waals surface area contributed by atoms with Crippen molar-refractivity contribution in [2.24, 2.45) is 0 Å². The third-order valence-corrected chi connectivity index (χ3v) is 3.74. The zero-order chi connectivity index (χ0) is 13.2. The summed E-state index contributed by atoms with van der Waals surface area (Å²) < 4.78 is 33.0. The summed E-state index contributed by atoms with van der Waals surface area (Å²) in [5, 5.41) is 0.649. The van der Waals surface area contributed by atoms with Gasteiger partial charge in [0, 0.05) is 17.5 Å². The van der Waals surface area contributed by atoms with Crippen LogP contribution in [0.4, 0.5) is 0 Å². The van der Waals surface area contributed by atoms with Gasteiger partial charge in [-0.15, -0.1) is 0 Å². The molecule has 0 aliphatic carbocycles. The minimum Gasteiger partial charge on any atom is -0.381 e. The van der Waals surface area contributed by atoms with Crippen LogP contribution in [-0.2, 0) is 19.0 Å². The van der Waals surface area contributed by atoms with Gasteiger partial charge in [0.05, 0.1) is 19.0 Å². The smallest absolute Gasteiger partial charge is 0.264 e. The molecule has 0 radical (unpaired) electrons. The van der Waals surface area contributed by atoms with Gasteiger partial charge < -0.3 is 4.74 Å². The first-order chi connectivity index (χ1) is 8.46. The summed E-state index contributed by atoms with van der Waals surface area (Å²) in [7, 11) is -3.45. The molecule has 1 saturated heterocycles. The van der Waals surface area contributed by atoms with E-state index in [1.807, 2.05) is 12.1 Å². The van der Waals surface area contributed by atoms with Crippen LogP contribution in [0.15, 0.2) is 24.3 Å². The zero-order valence-corrected chi connectivity index (χ0v) is 11.6. The zero-order valence-electron chi connectivity index (χ0n) is 10.0. The molecule has 4 nitrogen and oxygen atoms in total. The summed E-state index contributed by atoms with van der Waals surface area (Å²) in [6.07, 6.45) is 1.27. The Bertz CT molecular complexity index is 497. The van der Waals surface area contributed by atoms with E-state index < -0.39 is 10.1 Å². The fraction of sp³-hybridized carbons (Fsp3) is 0.500. The van der Waals surface area contributed by atoms with E-state index in [0.29, 0.717) is 24.7 Å². The summed E-state index contributed by atoms with van der Waals surface area (Å²) in [6.45, 7) is 0.978. The van der Waals surface area contributed by atoms with E-state index in [1.54, 1.807) is 12.1 Å². The molecule has 18 heavy (non-hydrogen) atoms. The monoisotopic (exact) mass is 290 g/mol. The van der Waals surface area contributed by atoms with Crippen LogP contribution in [-0.4, -0.2) is 34.0 Å². The quantitative estimate of drug-likeness (QED) is 0.801. The van der Waals surface area contributed by atoms with Gasteiger partial charge in [-0.1, -0.05) is 23.7 Å². The second kappa shape index (κ2) is 5.57. The van der Waals surface area contributed by atoms with Gasteiger partial charge in [-0.2, -0.15) is 8.42 Å². The molecule has 1 aromatic rings. The van der Waals surface area contributed by atoms with Crippen molar-refractivity contribution in [3.05, 3.63) is 34.9 Å². The summed E-state index contributed by atoms with van der Waals surface area (Å²) in [5.74, 6) is -0.0780. The molecule has 0 aromatic heterocycles. The summed E-state index contributed by atoms with van der Waals surface area (Å²) in [5.41, 5.74) is 0.979. The van der Waals surface area contributed by atoms with Crippen molar-refractivity contribution in [2.45, 2.75) is 18.4 Å². The molecule has 6 heteroatoms. The van der Waals surface area contributed by atoms with E-state index in [-0.39, 0.29) is 12.0 Å². The van der Waals surface area contributed by atoms with Gasteiger partial charge >= 0.3 is 0 Å². The third kappa shape index (κ3) is 3.68. The number of halogens is 1. The number of hydrogen-bond acceptors (Lipinski definition) is 4. The molecule has 0 saturated carbocycles. The molecule has 0 bridgehead atoms. The van der Waals surface area contributed by atoms with Crippen molar-refractivity contribution in [1.29, 1.82) is 0 Å². The van der Waals surface area contributed by atoms with Crippen molar-refractivity contribution in [3.63, 3.8) is 0 Å². The molecule has 1 fully saturated rings. The Morgan fingerprint density at radius 2 is 2.00 bits per heavy atom. The predicted molar refractivity (Wildman–Crippen MR) is 69.3 cm³/mol. The highest BCUT2D eigenvalue weighted by Gasteiger charge is 2.30. The lowest BCUT2D eigenvalue weighted by molar-refractivity contribution is 0.00902. The number of hydrogen-bond donors (Lipinski definition) is 0. The Morgan fingerprint density at radius 3 is 2.61 bits per heavy atom. The van der Waals surface area contributed by atoms with Crippen LogP contribution in [0.25, 0.3) is 0 Å². The summed E-state index contributed by atoms with van der Waals surface area (Å²) in [6, 6.07) is 7.31. The van der Waals surface area contributed by atoms with Crippen LogP contribution in [0.1, 0.15) is 17.9 Å². The molecule has 1 aromatic carbocycles. The van der Waals surface area contributed by atoms with Crippen molar-refractivity contribution in [2.75, 3.05) is 19.5 Å². The van der Waals surface area contributed by atoms with Crippen molar-refractivity contribution in [3.8, 4) is 0 Å². The normalized spacial score (nSPS) is 25.0. The van der Waals surface area contributed by atoms with Crippen LogP contribution in [0.5, 0.6) is 0 Å². The van der Waals surface area contributed by atoms with E-state index >= 15 is 0 Å². The molecule has 1 aliphatic rings. The van der Waals surface area contributed by atoms with E-state index in [9.17, 15) is 8.42 Å². The molecule has 2 unspecified atom stereocenters. The first kappa shape index (κ1) is 13.8. The maximum Gasteiger partial charge on any atom is 0.264 e. The average molecular weight is 291 g/mol. The van der Waals surface area contributed by atoms with Crippen LogP contribution in [0.2, 0.25) is 5.02 Å². The Kier molecular flexibility index (Phi) is 4.27. The molecular weight excluding hydrogens is 276 g/mol. The molecule has 1 aliphatic heterocycles. The summed E-state index contributed by atoms with van der Waals surface area (Å²) >= 11 is 5.84. The van der Waals surface area contributed by atoms with Gasteiger partial charge in [-0.05, 0) is 24.1 Å². The molecule has 0 amide bonds. The van der Waals surface area contributed by atoms with Crippen molar-refractivity contribution < 1.29 is 17.3 Å². The Labute approximate surface area is 112 Å². The molecule has 2 rings (SSSR count). The fourth-order valence-electron chi connectivity index (χ4n) is 2.08. The molecule has 0 N–H and O–H groups in total. The molecule has 100 valence electrons. The first-order valence-electron chi connectivity index (χ1n) is 5.67. The van der Waals surface area contributed by atoms with Crippen molar-refractivity contribution >= 4 is 21.7 Å². The Hall–Kier alpha value is -0.620. The van der Waals surface area contributed by atoms with Gasteiger partial charge in [0.1, 0.15) is 0 Å². The van der Waals surface area contributed by atoms with Gasteiger partial charge in [0.15, 0.2) is 0 Å². The van der Waals surface area contributed by atoms with E-state index in [2.05, 4.69) is 0 Å². The minimum atomic E-state index is -3.45. The summed E-state index contributed by atoms with van der Waals surface area (Å²) in [4.78, 5) is 0. The average Bonchev–Trinajstić information content (AvgIpc) is 2.29. The largest absolute Gasteiger partial charge is 0.381 e. The van der Waals surface area contributed by atoms with Crippen LogP contribution >= 0.6 is 11.6 Å². The van der Waals surface area contributed by atoms with Gasteiger partial charge in [-0.3, -0.25) is 4.18 Å². The lowest BCUT2D eigenvalue weighted by atomic mass is 9.91. The topological polar surface area (TPSA) is 52.6 Å². The van der Waals surface area contributed by atoms with Crippen LogP contribution < -0.4 is 0 Å². The van der Waals surface area contributed by atoms with Crippen LogP contribution in [0, 0.1) is 0 Å². The predicted octanol–water partition coefficient (Wildman–Crippen LogP) is 2.19. The highest BCUT2D eigenvalue weighted by atomic mass is 35.5. The third-order valence-electron chi connectivity index (χ3n) is 2.89. The fourth-order valence-corrected chi connectivity index (χ4v) is 2.88. The minimum absolute atomic E-state index is 0.0780. The highest BCUT2D eigenvalue weighted by molar-refractivity contribution is 7.86.